The molecule has 0 unspecified atom stereocenters. The Morgan fingerprint density at radius 2 is 2.23 bits per heavy atom. The van der Waals surface area contributed by atoms with Gasteiger partial charge in [0.25, 0.3) is 0 Å². The summed E-state index contributed by atoms with van der Waals surface area (Å²) in [4.78, 5) is 10.3. The van der Waals surface area contributed by atoms with Crippen LogP contribution in [0.15, 0.2) is 10.5 Å². The van der Waals surface area contributed by atoms with E-state index in [1.165, 1.54) is 0 Å². The largest absolute Gasteiger partial charge is 0.481 e. The first kappa shape index (κ1) is 9.80. The van der Waals surface area contributed by atoms with Crippen LogP contribution in [0.2, 0.25) is 0 Å². The van der Waals surface area contributed by atoms with E-state index in [1.807, 2.05) is 0 Å². The van der Waals surface area contributed by atoms with E-state index in [9.17, 15) is 9.90 Å². The third kappa shape index (κ3) is 2.32. The molecular weight excluding hydrogens is 172 g/mol. The molecule has 0 amide bonds. The number of carbonyl (C=O) groups is 1. The van der Waals surface area contributed by atoms with Gasteiger partial charge < -0.3 is 14.6 Å². The highest BCUT2D eigenvalue weighted by Crippen LogP contribution is 2.23. The number of hydrogen-bond donors (Lipinski definition) is 2. The van der Waals surface area contributed by atoms with Crippen LogP contribution in [0.3, 0.4) is 0 Å². The van der Waals surface area contributed by atoms with Crippen molar-refractivity contribution in [3.63, 3.8) is 0 Å². The zero-order valence-corrected chi connectivity index (χ0v) is 7.57. The lowest BCUT2D eigenvalue weighted by Crippen LogP contribution is -2.05. The molecule has 0 fully saturated rings. The molecule has 1 aromatic heterocycles. The molecule has 13 heavy (non-hydrogen) atoms. The molecule has 72 valence electrons. The number of rotatable bonds is 3. The van der Waals surface area contributed by atoms with Crippen molar-refractivity contribution in [3.05, 3.63) is 23.2 Å². The minimum atomic E-state index is -1.02. The van der Waals surface area contributed by atoms with E-state index in [2.05, 4.69) is 0 Å². The molecule has 1 heterocycles. The first-order valence-corrected chi connectivity index (χ1v) is 3.97. The van der Waals surface area contributed by atoms with Gasteiger partial charge in [0.2, 0.25) is 0 Å². The molecular formula is C9H12O4. The van der Waals surface area contributed by atoms with Crippen molar-refractivity contribution < 1.29 is 19.4 Å². The van der Waals surface area contributed by atoms with Crippen molar-refractivity contribution in [1.82, 2.24) is 0 Å². The van der Waals surface area contributed by atoms with Gasteiger partial charge in [-0.05, 0) is 19.9 Å². The van der Waals surface area contributed by atoms with E-state index in [-0.39, 0.29) is 6.42 Å². The number of furan rings is 1. The van der Waals surface area contributed by atoms with E-state index in [0.717, 1.165) is 0 Å². The highest BCUT2D eigenvalue weighted by atomic mass is 16.4. The fourth-order valence-electron chi connectivity index (χ4n) is 1.26. The number of aliphatic carboxylic acids is 1. The molecule has 0 radical (unpaired) electrons. The second kappa shape index (κ2) is 3.62. The lowest BCUT2D eigenvalue weighted by atomic mass is 10.1. The van der Waals surface area contributed by atoms with Crippen molar-refractivity contribution in [2.75, 3.05) is 0 Å². The van der Waals surface area contributed by atoms with Crippen LogP contribution in [0.4, 0.5) is 0 Å². The first-order valence-electron chi connectivity index (χ1n) is 3.97. The molecule has 0 saturated heterocycles. The summed E-state index contributed by atoms with van der Waals surface area (Å²) in [5.41, 5.74) is 0.555. The molecule has 1 aromatic rings. The molecule has 0 saturated carbocycles. The van der Waals surface area contributed by atoms with Crippen molar-refractivity contribution in [1.29, 1.82) is 0 Å². The van der Waals surface area contributed by atoms with Crippen LogP contribution in [0.1, 0.15) is 29.6 Å². The lowest BCUT2D eigenvalue weighted by Gasteiger charge is -2.04. The zero-order valence-electron chi connectivity index (χ0n) is 7.57. The third-order valence-corrected chi connectivity index (χ3v) is 1.81. The Morgan fingerprint density at radius 3 is 2.62 bits per heavy atom. The number of carboxylic acid groups (broad SMARTS) is 1. The molecule has 0 aliphatic carbocycles. The monoisotopic (exact) mass is 184 g/mol. The second-order valence-corrected chi connectivity index (χ2v) is 2.98. The van der Waals surface area contributed by atoms with Gasteiger partial charge in [-0.3, -0.25) is 4.79 Å². The highest BCUT2D eigenvalue weighted by molar-refractivity contribution is 5.67. The van der Waals surface area contributed by atoms with Crippen LogP contribution in [-0.4, -0.2) is 16.2 Å². The topological polar surface area (TPSA) is 70.7 Å². The van der Waals surface area contributed by atoms with Crippen molar-refractivity contribution in [2.45, 2.75) is 26.4 Å². The van der Waals surface area contributed by atoms with Gasteiger partial charge in [-0.2, -0.15) is 0 Å². The Hall–Kier alpha value is -1.29. The highest BCUT2D eigenvalue weighted by Gasteiger charge is 2.16. The van der Waals surface area contributed by atoms with E-state index < -0.39 is 12.1 Å². The summed E-state index contributed by atoms with van der Waals surface area (Å²) in [5.74, 6) is 0.231. The van der Waals surface area contributed by atoms with Gasteiger partial charge in [0.05, 0.1) is 12.5 Å². The minimum absolute atomic E-state index is 0.292. The second-order valence-electron chi connectivity index (χ2n) is 2.98. The fourth-order valence-corrected chi connectivity index (χ4v) is 1.26. The molecule has 0 aliphatic heterocycles. The Labute approximate surface area is 75.8 Å². The van der Waals surface area contributed by atoms with E-state index >= 15 is 0 Å². The van der Waals surface area contributed by atoms with Gasteiger partial charge in [-0.1, -0.05) is 0 Å². The summed E-state index contributed by atoms with van der Waals surface area (Å²) in [6.45, 7) is 3.46. The minimum Gasteiger partial charge on any atom is -0.481 e. The molecule has 0 bridgehead atoms. The molecule has 4 heteroatoms. The average Bonchev–Trinajstić information content (AvgIpc) is 2.28. The van der Waals surface area contributed by atoms with Crippen LogP contribution in [0.5, 0.6) is 0 Å². The lowest BCUT2D eigenvalue weighted by molar-refractivity contribution is -0.139. The van der Waals surface area contributed by atoms with Gasteiger partial charge in [-0.15, -0.1) is 0 Å². The molecule has 4 nitrogen and oxygen atoms in total. The predicted octanol–water partition coefficient (Wildman–Crippen LogP) is 1.40. The van der Waals surface area contributed by atoms with Crippen LogP contribution in [-0.2, 0) is 4.79 Å². The first-order chi connectivity index (χ1) is 6.00. The van der Waals surface area contributed by atoms with Crippen molar-refractivity contribution >= 4 is 5.97 Å². The fraction of sp³-hybridized carbons (Fsp3) is 0.444. The molecule has 0 spiro atoms. The predicted molar refractivity (Wildman–Crippen MR) is 45.4 cm³/mol. The summed E-state index contributed by atoms with van der Waals surface area (Å²) in [6.07, 6.45) is -1.27. The Balaban J connectivity index is 2.81. The average molecular weight is 184 g/mol. The smallest absolute Gasteiger partial charge is 0.306 e. The van der Waals surface area contributed by atoms with Crippen LogP contribution in [0, 0.1) is 13.8 Å². The number of aryl methyl sites for hydroxylation is 2. The zero-order chi connectivity index (χ0) is 10.0. The maximum Gasteiger partial charge on any atom is 0.306 e. The summed E-state index contributed by atoms with van der Waals surface area (Å²) in [6, 6.07) is 1.66. The van der Waals surface area contributed by atoms with Crippen molar-refractivity contribution in [3.8, 4) is 0 Å². The van der Waals surface area contributed by atoms with Gasteiger partial charge in [0.1, 0.15) is 11.5 Å². The SMILES string of the molecule is Cc1cc([C@@H](O)CC(=O)O)c(C)o1. The number of hydrogen-bond acceptors (Lipinski definition) is 3. The Morgan fingerprint density at radius 1 is 1.62 bits per heavy atom. The van der Waals surface area contributed by atoms with Crippen molar-refractivity contribution in [2.24, 2.45) is 0 Å². The Kier molecular flexibility index (Phi) is 2.72. The third-order valence-electron chi connectivity index (χ3n) is 1.81. The summed E-state index contributed by atoms with van der Waals surface area (Å²) >= 11 is 0. The van der Waals surface area contributed by atoms with Gasteiger partial charge in [0, 0.05) is 5.56 Å². The maximum atomic E-state index is 10.3. The maximum absolute atomic E-state index is 10.3. The van der Waals surface area contributed by atoms with E-state index in [0.29, 0.717) is 17.1 Å². The molecule has 1 atom stereocenters. The number of carboxylic acids is 1. The van der Waals surface area contributed by atoms with Crippen LogP contribution in [0.25, 0.3) is 0 Å². The van der Waals surface area contributed by atoms with Gasteiger partial charge >= 0.3 is 5.97 Å². The standard InChI is InChI=1S/C9H12O4/c1-5-3-7(6(2)13-5)8(10)4-9(11)12/h3,8,10H,4H2,1-2H3,(H,11,12)/t8-/m0/s1. The van der Waals surface area contributed by atoms with Crippen LogP contribution < -0.4 is 0 Å². The summed E-state index contributed by atoms with van der Waals surface area (Å²) < 4.78 is 5.16. The van der Waals surface area contributed by atoms with Crippen LogP contribution >= 0.6 is 0 Å². The van der Waals surface area contributed by atoms with E-state index in [4.69, 9.17) is 9.52 Å². The molecule has 1 rings (SSSR count). The number of aliphatic hydroxyl groups excluding tert-OH is 1. The summed E-state index contributed by atoms with van der Waals surface area (Å²) in [5, 5.41) is 17.9. The summed E-state index contributed by atoms with van der Waals surface area (Å²) in [7, 11) is 0. The van der Waals surface area contributed by atoms with Gasteiger partial charge in [0.15, 0.2) is 0 Å². The molecule has 2 N–H and O–H groups in total. The molecule has 0 aromatic carbocycles. The number of aliphatic hydroxyl groups is 1. The quantitative estimate of drug-likeness (QED) is 0.744. The molecule has 0 aliphatic rings. The normalized spacial score (nSPS) is 12.8. The Bertz CT molecular complexity index is 313. The van der Waals surface area contributed by atoms with E-state index in [1.54, 1.807) is 19.9 Å². The van der Waals surface area contributed by atoms with Gasteiger partial charge in [-0.25, -0.2) is 0 Å².